The first kappa shape index (κ1) is 10.7. The average Bonchev–Trinajstić information content (AvgIpc) is 2.57. The Balaban J connectivity index is 2.46. The molecule has 0 atom stereocenters. The Kier molecular flexibility index (Phi) is 2.69. The fourth-order valence-corrected chi connectivity index (χ4v) is 2.13. The molecule has 2 aromatic heterocycles. The quantitative estimate of drug-likeness (QED) is 0.835. The van der Waals surface area contributed by atoms with Crippen LogP contribution in [0, 0.1) is 13.8 Å². The molecule has 0 saturated heterocycles. The standard InChI is InChI=1S/C9H10N4O2S/c1-4-7-8(16-13-4)9(10-3-6(14)15)12-5(2)11-7/h3H2,1-2H3,(H,14,15)(H,10,11,12). The molecule has 0 aliphatic rings. The van der Waals surface area contributed by atoms with Crippen molar-refractivity contribution in [2.24, 2.45) is 0 Å². The lowest BCUT2D eigenvalue weighted by atomic mass is 10.3. The van der Waals surface area contributed by atoms with E-state index >= 15 is 0 Å². The largest absolute Gasteiger partial charge is 0.480 e. The molecule has 2 aromatic rings. The van der Waals surface area contributed by atoms with E-state index in [1.165, 1.54) is 11.5 Å². The van der Waals surface area contributed by atoms with Crippen LogP contribution in [0.2, 0.25) is 0 Å². The first-order chi connectivity index (χ1) is 7.58. The number of nitrogens with zero attached hydrogens (tertiary/aromatic N) is 3. The topological polar surface area (TPSA) is 88.0 Å². The molecule has 2 rings (SSSR count). The van der Waals surface area contributed by atoms with Crippen LogP contribution in [0.1, 0.15) is 11.5 Å². The maximum absolute atomic E-state index is 10.5. The van der Waals surface area contributed by atoms with E-state index in [1.54, 1.807) is 6.92 Å². The molecule has 0 unspecified atom stereocenters. The number of carboxylic acid groups (broad SMARTS) is 1. The van der Waals surface area contributed by atoms with Gasteiger partial charge in [0.15, 0.2) is 0 Å². The van der Waals surface area contributed by atoms with Gasteiger partial charge < -0.3 is 10.4 Å². The Morgan fingerprint density at radius 3 is 2.88 bits per heavy atom. The predicted octanol–water partition coefficient (Wildman–Crippen LogP) is 1.20. The third-order valence-electron chi connectivity index (χ3n) is 2.00. The van der Waals surface area contributed by atoms with Gasteiger partial charge in [0.2, 0.25) is 0 Å². The lowest BCUT2D eigenvalue weighted by molar-refractivity contribution is -0.134. The maximum Gasteiger partial charge on any atom is 0.322 e. The first-order valence-electron chi connectivity index (χ1n) is 4.64. The van der Waals surface area contributed by atoms with Gasteiger partial charge in [-0.2, -0.15) is 4.37 Å². The van der Waals surface area contributed by atoms with Gasteiger partial charge in [-0.1, -0.05) is 0 Å². The van der Waals surface area contributed by atoms with E-state index in [1.807, 2.05) is 6.92 Å². The van der Waals surface area contributed by atoms with Crippen molar-refractivity contribution >= 4 is 33.5 Å². The highest BCUT2D eigenvalue weighted by molar-refractivity contribution is 7.14. The molecule has 0 aliphatic heterocycles. The molecular formula is C9H10N4O2S. The molecule has 0 aliphatic carbocycles. The van der Waals surface area contributed by atoms with Crippen molar-refractivity contribution in [1.29, 1.82) is 0 Å². The van der Waals surface area contributed by atoms with Crippen LogP contribution >= 0.6 is 11.5 Å². The van der Waals surface area contributed by atoms with Crippen molar-refractivity contribution in [3.8, 4) is 0 Å². The third kappa shape index (κ3) is 1.94. The van der Waals surface area contributed by atoms with Gasteiger partial charge >= 0.3 is 5.97 Å². The lowest BCUT2D eigenvalue weighted by Crippen LogP contribution is -2.13. The highest BCUT2D eigenvalue weighted by atomic mass is 32.1. The summed E-state index contributed by atoms with van der Waals surface area (Å²) in [5.41, 5.74) is 1.62. The zero-order chi connectivity index (χ0) is 11.7. The molecular weight excluding hydrogens is 228 g/mol. The molecule has 2 N–H and O–H groups in total. The number of aliphatic carboxylic acids is 1. The van der Waals surface area contributed by atoms with Crippen LogP contribution in [-0.4, -0.2) is 32.0 Å². The molecule has 84 valence electrons. The van der Waals surface area contributed by atoms with Crippen LogP contribution in [-0.2, 0) is 4.79 Å². The van der Waals surface area contributed by atoms with Gasteiger partial charge in [0.25, 0.3) is 0 Å². The van der Waals surface area contributed by atoms with Gasteiger partial charge in [-0.25, -0.2) is 9.97 Å². The van der Waals surface area contributed by atoms with Crippen molar-refractivity contribution in [1.82, 2.24) is 14.3 Å². The van der Waals surface area contributed by atoms with E-state index in [4.69, 9.17) is 5.11 Å². The smallest absolute Gasteiger partial charge is 0.322 e. The molecule has 0 aromatic carbocycles. The van der Waals surface area contributed by atoms with E-state index in [0.717, 1.165) is 15.9 Å². The summed E-state index contributed by atoms with van der Waals surface area (Å²) in [5.74, 6) is 0.213. The number of hydrogen-bond acceptors (Lipinski definition) is 6. The zero-order valence-corrected chi connectivity index (χ0v) is 9.63. The Labute approximate surface area is 95.5 Å². The Hall–Kier alpha value is -1.76. The molecule has 2 heterocycles. The predicted molar refractivity (Wildman–Crippen MR) is 60.8 cm³/mol. The number of carboxylic acids is 1. The van der Waals surface area contributed by atoms with Crippen LogP contribution in [0.15, 0.2) is 0 Å². The second kappa shape index (κ2) is 4.01. The number of rotatable bonds is 3. The molecule has 6 nitrogen and oxygen atoms in total. The highest BCUT2D eigenvalue weighted by Gasteiger charge is 2.11. The van der Waals surface area contributed by atoms with E-state index in [9.17, 15) is 4.79 Å². The summed E-state index contributed by atoms with van der Waals surface area (Å²) in [4.78, 5) is 18.9. The van der Waals surface area contributed by atoms with Gasteiger partial charge in [-0.15, -0.1) is 0 Å². The minimum Gasteiger partial charge on any atom is -0.480 e. The van der Waals surface area contributed by atoms with E-state index in [2.05, 4.69) is 19.7 Å². The number of anilines is 1. The highest BCUT2D eigenvalue weighted by Crippen LogP contribution is 2.26. The molecule has 0 amide bonds. The minimum absolute atomic E-state index is 0.164. The fourth-order valence-electron chi connectivity index (χ4n) is 1.33. The summed E-state index contributed by atoms with van der Waals surface area (Å²) in [7, 11) is 0. The Bertz CT molecular complexity index is 552. The number of aryl methyl sites for hydroxylation is 2. The van der Waals surface area contributed by atoms with E-state index in [0.29, 0.717) is 11.6 Å². The number of aromatic nitrogens is 3. The minimum atomic E-state index is -0.925. The Morgan fingerprint density at radius 1 is 1.44 bits per heavy atom. The fraction of sp³-hybridized carbons (Fsp3) is 0.333. The van der Waals surface area contributed by atoms with E-state index < -0.39 is 5.97 Å². The van der Waals surface area contributed by atoms with Crippen molar-refractivity contribution in [2.45, 2.75) is 13.8 Å². The van der Waals surface area contributed by atoms with Crippen LogP contribution in [0.5, 0.6) is 0 Å². The van der Waals surface area contributed by atoms with Crippen molar-refractivity contribution in [3.63, 3.8) is 0 Å². The molecule has 16 heavy (non-hydrogen) atoms. The molecule has 0 fully saturated rings. The lowest BCUT2D eigenvalue weighted by Gasteiger charge is -2.04. The Morgan fingerprint density at radius 2 is 2.19 bits per heavy atom. The SMILES string of the molecule is Cc1nc(NCC(=O)O)c2snc(C)c2n1. The summed E-state index contributed by atoms with van der Waals surface area (Å²) < 4.78 is 4.97. The molecule has 0 bridgehead atoms. The summed E-state index contributed by atoms with van der Waals surface area (Å²) in [6.45, 7) is 3.47. The van der Waals surface area contributed by atoms with Gasteiger partial charge in [-0.05, 0) is 25.4 Å². The van der Waals surface area contributed by atoms with Gasteiger partial charge in [-0.3, -0.25) is 4.79 Å². The maximum atomic E-state index is 10.5. The number of carbonyl (C=O) groups is 1. The molecule has 0 spiro atoms. The number of fused-ring (bicyclic) bond motifs is 1. The molecule has 0 radical (unpaired) electrons. The third-order valence-corrected chi connectivity index (χ3v) is 2.94. The first-order valence-corrected chi connectivity index (χ1v) is 5.41. The number of hydrogen-bond donors (Lipinski definition) is 2. The number of nitrogens with one attached hydrogen (secondary N) is 1. The molecule has 7 heteroatoms. The summed E-state index contributed by atoms with van der Waals surface area (Å²) in [6.07, 6.45) is 0. The summed E-state index contributed by atoms with van der Waals surface area (Å²) in [5, 5.41) is 11.4. The van der Waals surface area contributed by atoms with Crippen LogP contribution < -0.4 is 5.32 Å². The average molecular weight is 238 g/mol. The van der Waals surface area contributed by atoms with Crippen molar-refractivity contribution in [2.75, 3.05) is 11.9 Å². The van der Waals surface area contributed by atoms with Crippen LogP contribution in [0.4, 0.5) is 5.82 Å². The van der Waals surface area contributed by atoms with Gasteiger partial charge in [0.1, 0.15) is 28.4 Å². The summed E-state index contributed by atoms with van der Waals surface area (Å²) in [6, 6.07) is 0. The summed E-state index contributed by atoms with van der Waals surface area (Å²) >= 11 is 1.27. The monoisotopic (exact) mass is 238 g/mol. The second-order valence-electron chi connectivity index (χ2n) is 3.31. The second-order valence-corrected chi connectivity index (χ2v) is 4.09. The van der Waals surface area contributed by atoms with Crippen molar-refractivity contribution < 1.29 is 9.90 Å². The van der Waals surface area contributed by atoms with Gasteiger partial charge in [0, 0.05) is 0 Å². The van der Waals surface area contributed by atoms with Crippen molar-refractivity contribution in [3.05, 3.63) is 11.5 Å². The normalized spacial score (nSPS) is 10.6. The van der Waals surface area contributed by atoms with Crippen LogP contribution in [0.25, 0.3) is 10.2 Å². The molecule has 0 saturated carbocycles. The zero-order valence-electron chi connectivity index (χ0n) is 8.81. The van der Waals surface area contributed by atoms with Gasteiger partial charge in [0.05, 0.1) is 5.69 Å². The van der Waals surface area contributed by atoms with E-state index in [-0.39, 0.29) is 6.54 Å². The van der Waals surface area contributed by atoms with Crippen LogP contribution in [0.3, 0.4) is 0 Å².